The molecule has 4 heterocycles. The Morgan fingerprint density at radius 2 is 2.18 bits per heavy atom. The number of aromatic amines is 1. The van der Waals surface area contributed by atoms with Crippen molar-refractivity contribution in [3.63, 3.8) is 0 Å². The first-order chi connectivity index (χ1) is 13.8. The van der Waals surface area contributed by atoms with Crippen LogP contribution in [0.5, 0.6) is 5.75 Å². The second kappa shape index (κ2) is 7.05. The highest BCUT2D eigenvalue weighted by Gasteiger charge is 2.20. The maximum atomic E-state index is 5.38. The molecule has 28 heavy (non-hydrogen) atoms. The first-order valence-corrected chi connectivity index (χ1v) is 9.42. The molecular formula is C22H21N5O. The molecule has 0 amide bonds. The smallest absolute Gasteiger partial charge is 0.160 e. The summed E-state index contributed by atoms with van der Waals surface area (Å²) < 4.78 is 5.38. The van der Waals surface area contributed by atoms with Gasteiger partial charge in [-0.05, 0) is 35.9 Å². The number of rotatable bonds is 4. The van der Waals surface area contributed by atoms with Crippen LogP contribution in [0, 0.1) is 0 Å². The van der Waals surface area contributed by atoms with Gasteiger partial charge in [-0.2, -0.15) is 0 Å². The highest BCUT2D eigenvalue weighted by Crippen LogP contribution is 2.27. The molecule has 1 aliphatic rings. The third-order valence-electron chi connectivity index (χ3n) is 5.30. The number of pyridine rings is 1. The van der Waals surface area contributed by atoms with Crippen LogP contribution in [0.2, 0.25) is 0 Å². The maximum Gasteiger partial charge on any atom is 0.160 e. The number of nitrogens with one attached hydrogen (secondary N) is 1. The fourth-order valence-electron chi connectivity index (χ4n) is 3.80. The summed E-state index contributed by atoms with van der Waals surface area (Å²) in [4.78, 5) is 19.3. The summed E-state index contributed by atoms with van der Waals surface area (Å²) >= 11 is 0. The van der Waals surface area contributed by atoms with E-state index in [-0.39, 0.29) is 0 Å². The Bertz CT molecular complexity index is 1120. The normalized spacial score (nSPS) is 14.2. The lowest BCUT2D eigenvalue weighted by Crippen LogP contribution is -2.30. The average molecular weight is 371 g/mol. The van der Waals surface area contributed by atoms with Crippen LogP contribution in [-0.2, 0) is 19.5 Å². The average Bonchev–Trinajstić information content (AvgIpc) is 3.16. The van der Waals surface area contributed by atoms with Crippen LogP contribution in [0.3, 0.4) is 0 Å². The number of fused-ring (bicyclic) bond motifs is 2. The molecule has 4 aromatic rings. The maximum absolute atomic E-state index is 5.38. The van der Waals surface area contributed by atoms with Gasteiger partial charge in [0.15, 0.2) is 5.82 Å². The van der Waals surface area contributed by atoms with E-state index in [1.165, 1.54) is 16.5 Å². The first-order valence-electron chi connectivity index (χ1n) is 9.42. The van der Waals surface area contributed by atoms with Crippen molar-refractivity contribution in [3.8, 4) is 17.1 Å². The van der Waals surface area contributed by atoms with Crippen molar-refractivity contribution < 1.29 is 4.74 Å². The minimum absolute atomic E-state index is 0.754. The third-order valence-corrected chi connectivity index (χ3v) is 5.30. The quantitative estimate of drug-likeness (QED) is 0.594. The van der Waals surface area contributed by atoms with Crippen molar-refractivity contribution in [1.29, 1.82) is 0 Å². The fraction of sp³-hybridized carbons (Fsp3) is 0.227. The molecule has 1 N–H and O–H groups in total. The summed E-state index contributed by atoms with van der Waals surface area (Å²) in [5, 5.41) is 1.22. The van der Waals surface area contributed by atoms with E-state index in [0.29, 0.717) is 0 Å². The predicted molar refractivity (Wildman–Crippen MR) is 108 cm³/mol. The summed E-state index contributed by atoms with van der Waals surface area (Å²) in [7, 11) is 1.70. The van der Waals surface area contributed by atoms with Crippen LogP contribution in [0.1, 0.15) is 16.8 Å². The molecule has 0 saturated carbocycles. The Labute approximate surface area is 163 Å². The minimum atomic E-state index is 0.754. The summed E-state index contributed by atoms with van der Waals surface area (Å²) in [5.41, 5.74) is 5.73. The van der Waals surface area contributed by atoms with Gasteiger partial charge in [0.25, 0.3) is 0 Å². The van der Waals surface area contributed by atoms with Crippen molar-refractivity contribution in [3.05, 3.63) is 71.9 Å². The van der Waals surface area contributed by atoms with Crippen molar-refractivity contribution >= 4 is 10.9 Å². The van der Waals surface area contributed by atoms with E-state index in [1.54, 1.807) is 13.3 Å². The van der Waals surface area contributed by atoms with Gasteiger partial charge in [0.1, 0.15) is 5.75 Å². The second-order valence-electron chi connectivity index (χ2n) is 7.09. The molecule has 0 saturated heterocycles. The van der Waals surface area contributed by atoms with Gasteiger partial charge in [-0.1, -0.05) is 0 Å². The lowest BCUT2D eigenvalue weighted by atomic mass is 10.1. The summed E-state index contributed by atoms with van der Waals surface area (Å²) in [6.07, 6.45) is 8.57. The zero-order chi connectivity index (χ0) is 18.9. The zero-order valence-corrected chi connectivity index (χ0v) is 15.7. The second-order valence-corrected chi connectivity index (χ2v) is 7.09. The number of benzene rings is 1. The largest absolute Gasteiger partial charge is 0.497 e. The molecule has 0 fully saturated rings. The molecule has 5 rings (SSSR count). The summed E-state index contributed by atoms with van der Waals surface area (Å²) in [5.74, 6) is 1.64. The van der Waals surface area contributed by atoms with Gasteiger partial charge in [-0.25, -0.2) is 9.97 Å². The predicted octanol–water partition coefficient (Wildman–Crippen LogP) is 3.59. The molecule has 0 aliphatic carbocycles. The van der Waals surface area contributed by atoms with Crippen molar-refractivity contribution in [2.75, 3.05) is 13.7 Å². The number of methoxy groups -OCH3 is 1. The van der Waals surface area contributed by atoms with Crippen molar-refractivity contribution in [1.82, 2.24) is 24.8 Å². The Hall–Kier alpha value is -3.25. The van der Waals surface area contributed by atoms with Gasteiger partial charge in [-0.3, -0.25) is 9.88 Å². The molecule has 0 bridgehead atoms. The molecular weight excluding hydrogens is 350 g/mol. The number of ether oxygens (including phenoxy) is 1. The SMILES string of the molecule is COc1ccc2[nH]cc(CN3CCc4nc(-c5cccnc5)ncc4C3)c2c1. The molecule has 1 aliphatic heterocycles. The molecule has 0 radical (unpaired) electrons. The number of aromatic nitrogens is 4. The van der Waals surface area contributed by atoms with Gasteiger partial charge < -0.3 is 9.72 Å². The lowest BCUT2D eigenvalue weighted by molar-refractivity contribution is 0.244. The van der Waals surface area contributed by atoms with Gasteiger partial charge >= 0.3 is 0 Å². The van der Waals surface area contributed by atoms with Gasteiger partial charge in [0.05, 0.1) is 12.8 Å². The van der Waals surface area contributed by atoms with E-state index in [4.69, 9.17) is 9.72 Å². The van der Waals surface area contributed by atoms with E-state index in [2.05, 4.69) is 38.2 Å². The molecule has 0 spiro atoms. The molecule has 1 aromatic carbocycles. The molecule has 0 atom stereocenters. The van der Waals surface area contributed by atoms with Crippen LogP contribution >= 0.6 is 0 Å². The van der Waals surface area contributed by atoms with Gasteiger partial charge in [0, 0.05) is 72.9 Å². The van der Waals surface area contributed by atoms with Crippen molar-refractivity contribution in [2.24, 2.45) is 0 Å². The fourth-order valence-corrected chi connectivity index (χ4v) is 3.80. The third kappa shape index (κ3) is 3.12. The zero-order valence-electron chi connectivity index (χ0n) is 15.7. The van der Waals surface area contributed by atoms with E-state index in [9.17, 15) is 0 Å². The number of H-pyrrole nitrogens is 1. The van der Waals surface area contributed by atoms with Crippen LogP contribution < -0.4 is 4.74 Å². The molecule has 140 valence electrons. The van der Waals surface area contributed by atoms with E-state index in [1.807, 2.05) is 30.6 Å². The highest BCUT2D eigenvalue weighted by atomic mass is 16.5. The summed E-state index contributed by atoms with van der Waals surface area (Å²) in [6.45, 7) is 2.73. The van der Waals surface area contributed by atoms with Crippen LogP contribution in [0.15, 0.2) is 55.1 Å². The Balaban J connectivity index is 1.36. The summed E-state index contributed by atoms with van der Waals surface area (Å²) in [6, 6.07) is 10.1. The van der Waals surface area contributed by atoms with E-state index >= 15 is 0 Å². The van der Waals surface area contributed by atoms with E-state index < -0.39 is 0 Å². The minimum Gasteiger partial charge on any atom is -0.497 e. The monoisotopic (exact) mass is 371 g/mol. The lowest BCUT2D eigenvalue weighted by Gasteiger charge is -2.27. The van der Waals surface area contributed by atoms with Crippen LogP contribution in [0.4, 0.5) is 0 Å². The Kier molecular flexibility index (Phi) is 4.25. The van der Waals surface area contributed by atoms with Crippen LogP contribution in [0.25, 0.3) is 22.3 Å². The molecule has 3 aromatic heterocycles. The Morgan fingerprint density at radius 1 is 1.21 bits per heavy atom. The molecule has 6 nitrogen and oxygen atoms in total. The van der Waals surface area contributed by atoms with Gasteiger partial charge in [-0.15, -0.1) is 0 Å². The highest BCUT2D eigenvalue weighted by molar-refractivity contribution is 5.84. The first kappa shape index (κ1) is 16.9. The van der Waals surface area contributed by atoms with Crippen LogP contribution in [-0.4, -0.2) is 38.5 Å². The number of nitrogens with zero attached hydrogens (tertiary/aromatic N) is 4. The molecule has 6 heteroatoms. The molecule has 0 unspecified atom stereocenters. The topological polar surface area (TPSA) is 66.9 Å². The van der Waals surface area contributed by atoms with Crippen molar-refractivity contribution in [2.45, 2.75) is 19.5 Å². The van der Waals surface area contributed by atoms with E-state index in [0.717, 1.165) is 54.4 Å². The number of hydrogen-bond donors (Lipinski definition) is 1. The van der Waals surface area contributed by atoms with Gasteiger partial charge in [0.2, 0.25) is 0 Å². The Morgan fingerprint density at radius 3 is 3.04 bits per heavy atom. The number of hydrogen-bond acceptors (Lipinski definition) is 5. The standard InChI is InChI=1S/C22H21N5O/c1-28-18-4-5-21-19(9-18)16(11-24-21)13-27-8-6-20-17(14-27)12-25-22(26-20)15-3-2-7-23-10-15/h2-5,7,9-12,24H,6,8,13-14H2,1H3.